The minimum atomic E-state index is -0.174. The summed E-state index contributed by atoms with van der Waals surface area (Å²) in [5.41, 5.74) is 2.00. The van der Waals surface area contributed by atoms with E-state index in [9.17, 15) is 4.79 Å². The molecule has 18 heavy (non-hydrogen) atoms. The van der Waals surface area contributed by atoms with E-state index in [1.165, 1.54) is 15.9 Å². The van der Waals surface area contributed by atoms with E-state index in [1.54, 1.807) is 0 Å². The third-order valence-corrected chi connectivity index (χ3v) is 3.05. The molecule has 1 aromatic rings. The van der Waals surface area contributed by atoms with Crippen molar-refractivity contribution in [2.75, 3.05) is 11.9 Å². The number of ether oxygens (including phenoxy) is 1. The number of benzene rings is 1. The second kappa shape index (κ2) is 7.41. The van der Waals surface area contributed by atoms with Gasteiger partial charge in [-0.1, -0.05) is 13.8 Å². The molecule has 0 saturated heterocycles. The first-order valence-electron chi connectivity index (χ1n) is 5.93. The van der Waals surface area contributed by atoms with Crippen molar-refractivity contribution >= 4 is 34.2 Å². The second-order valence-electron chi connectivity index (χ2n) is 4.13. The predicted octanol–water partition coefficient (Wildman–Crippen LogP) is 3.90. The van der Waals surface area contributed by atoms with Gasteiger partial charge in [0.15, 0.2) is 0 Å². The molecule has 0 unspecified atom stereocenters. The summed E-state index contributed by atoms with van der Waals surface area (Å²) >= 11 is 2.27. The van der Waals surface area contributed by atoms with Gasteiger partial charge in [0.05, 0.1) is 12.9 Å². The Labute approximate surface area is 122 Å². The highest BCUT2D eigenvalue weighted by Gasteiger charge is 2.08. The van der Waals surface area contributed by atoms with Crippen LogP contribution in [0.2, 0.25) is 0 Å². The molecular formula is C14H18INO2. The summed E-state index contributed by atoms with van der Waals surface area (Å²) in [4.78, 5) is 11.7. The normalized spacial score (nSPS) is 10.9. The molecule has 1 amide bonds. The molecule has 1 aromatic carbocycles. The molecule has 1 N–H and O–H groups in total. The lowest BCUT2D eigenvalue weighted by Gasteiger charge is -2.13. The van der Waals surface area contributed by atoms with Crippen molar-refractivity contribution in [3.8, 4) is 0 Å². The Morgan fingerprint density at radius 2 is 2.22 bits per heavy atom. The highest BCUT2D eigenvalue weighted by Crippen LogP contribution is 2.26. The van der Waals surface area contributed by atoms with E-state index >= 15 is 0 Å². The van der Waals surface area contributed by atoms with Crippen LogP contribution >= 0.6 is 22.6 Å². The first kappa shape index (κ1) is 15.0. The van der Waals surface area contributed by atoms with Crippen LogP contribution in [-0.4, -0.2) is 12.5 Å². The summed E-state index contributed by atoms with van der Waals surface area (Å²) in [5.74, 6) is 0.192. The predicted molar refractivity (Wildman–Crippen MR) is 82.6 cm³/mol. The molecular weight excluding hydrogens is 341 g/mol. The van der Waals surface area contributed by atoms with E-state index in [2.05, 4.69) is 47.8 Å². The van der Waals surface area contributed by atoms with Crippen molar-refractivity contribution in [2.45, 2.75) is 26.7 Å². The maximum absolute atomic E-state index is 11.7. The summed E-state index contributed by atoms with van der Waals surface area (Å²) in [6.07, 6.45) is 2.81. The number of hydrogen-bond donors (Lipinski definition) is 1. The van der Waals surface area contributed by atoms with Crippen LogP contribution < -0.4 is 5.32 Å². The van der Waals surface area contributed by atoms with Gasteiger partial charge < -0.3 is 10.1 Å². The van der Waals surface area contributed by atoms with E-state index in [0.29, 0.717) is 12.5 Å². The van der Waals surface area contributed by atoms with E-state index < -0.39 is 0 Å². The van der Waals surface area contributed by atoms with Gasteiger partial charge in [0.1, 0.15) is 0 Å². The van der Waals surface area contributed by atoms with Crippen LogP contribution in [0.5, 0.6) is 0 Å². The molecule has 0 aromatic heterocycles. The van der Waals surface area contributed by atoms with E-state index in [4.69, 9.17) is 4.74 Å². The van der Waals surface area contributed by atoms with Gasteiger partial charge in [-0.2, -0.15) is 0 Å². The number of nitrogens with one attached hydrogen (secondary N) is 1. The van der Waals surface area contributed by atoms with Crippen molar-refractivity contribution < 1.29 is 9.53 Å². The molecule has 4 heteroatoms. The molecule has 1 rings (SSSR count). The van der Waals surface area contributed by atoms with Gasteiger partial charge in [-0.15, -0.1) is 0 Å². The number of hydrogen-bond acceptors (Lipinski definition) is 2. The fraction of sp³-hybridized carbons (Fsp3) is 0.357. The van der Waals surface area contributed by atoms with Crippen LogP contribution in [0.1, 0.15) is 32.3 Å². The Kier molecular flexibility index (Phi) is 6.18. The maximum Gasteiger partial charge on any atom is 0.251 e. The zero-order chi connectivity index (χ0) is 13.5. The minimum absolute atomic E-state index is 0.174. The number of carbonyl (C=O) groups excluding carboxylic acids is 1. The quantitative estimate of drug-likeness (QED) is 0.492. The third kappa shape index (κ3) is 4.68. The lowest BCUT2D eigenvalue weighted by atomic mass is 10.0. The van der Waals surface area contributed by atoms with Crippen LogP contribution in [0.3, 0.4) is 0 Å². The number of rotatable bonds is 5. The lowest BCUT2D eigenvalue weighted by Crippen LogP contribution is -2.10. The van der Waals surface area contributed by atoms with Crippen molar-refractivity contribution in [1.82, 2.24) is 0 Å². The van der Waals surface area contributed by atoms with Gasteiger partial charge in [-0.05, 0) is 59.2 Å². The van der Waals surface area contributed by atoms with Crippen molar-refractivity contribution in [2.24, 2.45) is 0 Å². The van der Waals surface area contributed by atoms with Crippen LogP contribution in [-0.2, 0) is 9.53 Å². The summed E-state index contributed by atoms with van der Waals surface area (Å²) in [6, 6.07) is 6.00. The number of carbonyl (C=O) groups is 1. The van der Waals surface area contributed by atoms with Gasteiger partial charge in [-0.25, -0.2) is 0 Å². The zero-order valence-electron chi connectivity index (χ0n) is 10.9. The van der Waals surface area contributed by atoms with E-state index in [0.717, 1.165) is 11.3 Å². The Morgan fingerprint density at radius 1 is 1.50 bits per heavy atom. The Bertz CT molecular complexity index is 441. The number of amides is 1. The largest absolute Gasteiger partial charge is 0.501 e. The molecule has 3 nitrogen and oxygen atoms in total. The Hall–Kier alpha value is -1.04. The van der Waals surface area contributed by atoms with Crippen LogP contribution in [0.25, 0.3) is 0 Å². The molecule has 0 heterocycles. The first-order valence-corrected chi connectivity index (χ1v) is 7.01. The second-order valence-corrected chi connectivity index (χ2v) is 5.38. The first-order chi connectivity index (χ1) is 8.54. The lowest BCUT2D eigenvalue weighted by molar-refractivity contribution is -0.112. The van der Waals surface area contributed by atoms with Crippen molar-refractivity contribution in [3.05, 3.63) is 39.7 Å². The summed E-state index contributed by atoms with van der Waals surface area (Å²) < 4.78 is 6.16. The summed E-state index contributed by atoms with van der Waals surface area (Å²) in [6.45, 7) is 6.65. The average molecular weight is 359 g/mol. The smallest absolute Gasteiger partial charge is 0.251 e. The molecule has 0 bridgehead atoms. The SMILES string of the molecule is CCOC=CC(=O)Nc1ccc(I)cc1C(C)C. The molecule has 0 fully saturated rings. The molecule has 0 aliphatic rings. The molecule has 0 aliphatic carbocycles. The standard InChI is InChI=1S/C14H18INO2/c1-4-18-8-7-14(17)16-13-6-5-11(15)9-12(13)10(2)3/h5-10H,4H2,1-3H3,(H,16,17). The van der Waals surface area contributed by atoms with E-state index in [1.807, 2.05) is 19.1 Å². The van der Waals surface area contributed by atoms with Gasteiger partial charge in [0, 0.05) is 15.3 Å². The monoisotopic (exact) mass is 359 g/mol. The van der Waals surface area contributed by atoms with Crippen LogP contribution in [0.15, 0.2) is 30.5 Å². The molecule has 0 atom stereocenters. The van der Waals surface area contributed by atoms with Gasteiger partial charge in [-0.3, -0.25) is 4.79 Å². The summed E-state index contributed by atoms with van der Waals surface area (Å²) in [5, 5.41) is 2.87. The number of halogens is 1. The maximum atomic E-state index is 11.7. The Morgan fingerprint density at radius 3 is 2.83 bits per heavy atom. The molecule has 0 saturated carbocycles. The number of anilines is 1. The van der Waals surface area contributed by atoms with Gasteiger partial charge in [0.25, 0.3) is 5.91 Å². The van der Waals surface area contributed by atoms with Crippen LogP contribution in [0.4, 0.5) is 5.69 Å². The van der Waals surface area contributed by atoms with Gasteiger partial charge in [0.2, 0.25) is 0 Å². The zero-order valence-corrected chi connectivity index (χ0v) is 13.0. The fourth-order valence-electron chi connectivity index (χ4n) is 1.51. The third-order valence-electron chi connectivity index (χ3n) is 2.38. The topological polar surface area (TPSA) is 38.3 Å². The molecule has 98 valence electrons. The van der Waals surface area contributed by atoms with E-state index in [-0.39, 0.29) is 5.91 Å². The fourth-order valence-corrected chi connectivity index (χ4v) is 2.02. The Balaban J connectivity index is 2.81. The van der Waals surface area contributed by atoms with Crippen molar-refractivity contribution in [1.29, 1.82) is 0 Å². The van der Waals surface area contributed by atoms with Gasteiger partial charge >= 0.3 is 0 Å². The summed E-state index contributed by atoms with van der Waals surface area (Å²) in [7, 11) is 0. The highest BCUT2D eigenvalue weighted by atomic mass is 127. The highest BCUT2D eigenvalue weighted by molar-refractivity contribution is 14.1. The minimum Gasteiger partial charge on any atom is -0.501 e. The van der Waals surface area contributed by atoms with Crippen LogP contribution in [0, 0.1) is 3.57 Å². The molecule has 0 aliphatic heterocycles. The molecule has 0 spiro atoms. The van der Waals surface area contributed by atoms with Crippen molar-refractivity contribution in [3.63, 3.8) is 0 Å². The average Bonchev–Trinajstić information content (AvgIpc) is 2.31. The molecule has 0 radical (unpaired) electrons.